The fraction of sp³-hybridized carbons (Fsp3) is 0.400. The number of benzene rings is 1. The lowest BCUT2D eigenvalue weighted by atomic mass is 9.96. The molecule has 0 saturated heterocycles. The standard InChI is InChI=1S/C20H20FN3O4/c1-11(2)28-19(26)14-9-17(15(21)8-12(14)10-22)24-18(25)13-6-4-5-7-16(13)23(3)20(24)27/h8-9,11H,4-7H2,1-3H3. The van der Waals surface area contributed by atoms with Crippen molar-refractivity contribution in [2.24, 2.45) is 7.05 Å². The van der Waals surface area contributed by atoms with Crippen LogP contribution in [0.4, 0.5) is 4.39 Å². The van der Waals surface area contributed by atoms with Crippen molar-refractivity contribution < 1.29 is 13.9 Å². The fourth-order valence-electron chi connectivity index (χ4n) is 3.46. The third-order valence-corrected chi connectivity index (χ3v) is 4.79. The number of carbonyl (C=O) groups is 1. The zero-order valence-electron chi connectivity index (χ0n) is 15.9. The highest BCUT2D eigenvalue weighted by Gasteiger charge is 2.24. The van der Waals surface area contributed by atoms with E-state index in [0.717, 1.165) is 29.5 Å². The highest BCUT2D eigenvalue weighted by molar-refractivity contribution is 5.93. The Morgan fingerprint density at radius 1 is 1.25 bits per heavy atom. The van der Waals surface area contributed by atoms with Gasteiger partial charge in [0, 0.05) is 18.3 Å². The number of ether oxygens (including phenoxy) is 1. The molecule has 1 heterocycles. The van der Waals surface area contributed by atoms with Crippen molar-refractivity contribution in [2.75, 3.05) is 0 Å². The van der Waals surface area contributed by atoms with E-state index in [1.165, 1.54) is 11.6 Å². The lowest BCUT2D eigenvalue weighted by Gasteiger charge is -2.20. The quantitative estimate of drug-likeness (QED) is 0.753. The molecule has 7 nitrogen and oxygen atoms in total. The van der Waals surface area contributed by atoms with Crippen molar-refractivity contribution in [3.8, 4) is 11.8 Å². The van der Waals surface area contributed by atoms with Crippen LogP contribution in [0.1, 0.15) is 53.9 Å². The minimum Gasteiger partial charge on any atom is -0.459 e. The molecule has 0 aliphatic heterocycles. The molecule has 0 saturated carbocycles. The molecule has 1 aromatic heterocycles. The van der Waals surface area contributed by atoms with Gasteiger partial charge in [0.05, 0.1) is 22.9 Å². The summed E-state index contributed by atoms with van der Waals surface area (Å²) in [6, 6.07) is 3.63. The predicted molar refractivity (Wildman–Crippen MR) is 99.1 cm³/mol. The first kappa shape index (κ1) is 19.5. The SMILES string of the molecule is CC(C)OC(=O)c1cc(-n2c(=O)c3c(n(C)c2=O)CCCC3)c(F)cc1C#N. The van der Waals surface area contributed by atoms with Crippen LogP contribution in [-0.4, -0.2) is 21.2 Å². The Morgan fingerprint density at radius 2 is 1.93 bits per heavy atom. The number of esters is 1. The molecule has 0 amide bonds. The molecule has 3 rings (SSSR count). The Morgan fingerprint density at radius 3 is 2.57 bits per heavy atom. The van der Waals surface area contributed by atoms with Crippen molar-refractivity contribution in [3.05, 3.63) is 61.2 Å². The van der Waals surface area contributed by atoms with Gasteiger partial charge in [0.15, 0.2) is 0 Å². The van der Waals surface area contributed by atoms with E-state index in [9.17, 15) is 24.0 Å². The zero-order chi connectivity index (χ0) is 20.6. The monoisotopic (exact) mass is 385 g/mol. The summed E-state index contributed by atoms with van der Waals surface area (Å²) >= 11 is 0. The lowest BCUT2D eigenvalue weighted by molar-refractivity contribution is 0.0377. The van der Waals surface area contributed by atoms with Gasteiger partial charge in [0.25, 0.3) is 5.56 Å². The molecular weight excluding hydrogens is 365 g/mol. The minimum absolute atomic E-state index is 0.195. The van der Waals surface area contributed by atoms with Gasteiger partial charge >= 0.3 is 11.7 Å². The smallest absolute Gasteiger partial charge is 0.339 e. The molecule has 1 aliphatic rings. The van der Waals surface area contributed by atoms with Gasteiger partial charge in [-0.1, -0.05) is 0 Å². The second-order valence-electron chi connectivity index (χ2n) is 7.03. The highest BCUT2D eigenvalue weighted by Crippen LogP contribution is 2.21. The first-order valence-electron chi connectivity index (χ1n) is 9.05. The van der Waals surface area contributed by atoms with Gasteiger partial charge in [-0.2, -0.15) is 5.26 Å². The Kier molecular flexibility index (Phi) is 5.18. The van der Waals surface area contributed by atoms with Crippen LogP contribution in [0.15, 0.2) is 21.7 Å². The van der Waals surface area contributed by atoms with Gasteiger partial charge in [-0.05, 0) is 51.7 Å². The average molecular weight is 385 g/mol. The van der Waals surface area contributed by atoms with Crippen LogP contribution in [0, 0.1) is 17.1 Å². The first-order valence-corrected chi connectivity index (χ1v) is 9.05. The lowest BCUT2D eigenvalue weighted by Crippen LogP contribution is -2.43. The van der Waals surface area contributed by atoms with E-state index >= 15 is 0 Å². The van der Waals surface area contributed by atoms with E-state index in [1.807, 2.05) is 0 Å². The van der Waals surface area contributed by atoms with Gasteiger partial charge in [-0.25, -0.2) is 18.5 Å². The fourth-order valence-corrected chi connectivity index (χ4v) is 3.46. The number of hydrogen-bond acceptors (Lipinski definition) is 5. The third kappa shape index (κ3) is 3.24. The topological polar surface area (TPSA) is 94.1 Å². The van der Waals surface area contributed by atoms with Crippen molar-refractivity contribution in [1.29, 1.82) is 5.26 Å². The Labute approximate surface area is 160 Å². The third-order valence-electron chi connectivity index (χ3n) is 4.79. The molecule has 0 N–H and O–H groups in total. The maximum atomic E-state index is 14.7. The zero-order valence-corrected chi connectivity index (χ0v) is 15.9. The molecule has 28 heavy (non-hydrogen) atoms. The summed E-state index contributed by atoms with van der Waals surface area (Å²) < 4.78 is 21.9. The van der Waals surface area contributed by atoms with Crippen LogP contribution >= 0.6 is 0 Å². The molecule has 146 valence electrons. The largest absolute Gasteiger partial charge is 0.459 e. The molecule has 0 unspecified atom stereocenters. The molecule has 0 atom stereocenters. The molecule has 0 spiro atoms. The van der Waals surface area contributed by atoms with Crippen molar-refractivity contribution in [1.82, 2.24) is 9.13 Å². The molecule has 0 bridgehead atoms. The summed E-state index contributed by atoms with van der Waals surface area (Å²) in [7, 11) is 1.54. The molecule has 2 aromatic rings. The molecule has 1 aliphatic carbocycles. The molecule has 1 aromatic carbocycles. The van der Waals surface area contributed by atoms with E-state index in [4.69, 9.17) is 4.74 Å². The van der Waals surface area contributed by atoms with Gasteiger partial charge in [0.2, 0.25) is 0 Å². The molecular formula is C20H20FN3O4. The summed E-state index contributed by atoms with van der Waals surface area (Å²) in [6.07, 6.45) is 2.34. The van der Waals surface area contributed by atoms with E-state index in [2.05, 4.69) is 0 Å². The molecule has 0 fully saturated rings. The highest BCUT2D eigenvalue weighted by atomic mass is 19.1. The van der Waals surface area contributed by atoms with E-state index < -0.39 is 29.1 Å². The molecule has 8 heteroatoms. The van der Waals surface area contributed by atoms with Gasteiger partial charge in [-0.3, -0.25) is 4.79 Å². The van der Waals surface area contributed by atoms with Gasteiger partial charge < -0.3 is 9.30 Å². The summed E-state index contributed by atoms with van der Waals surface area (Å²) in [4.78, 5) is 38.1. The summed E-state index contributed by atoms with van der Waals surface area (Å²) in [5.41, 5.74) is -0.945. The van der Waals surface area contributed by atoms with Crippen molar-refractivity contribution in [3.63, 3.8) is 0 Å². The van der Waals surface area contributed by atoms with Crippen LogP contribution in [0.3, 0.4) is 0 Å². The second kappa shape index (κ2) is 7.43. The Balaban J connectivity index is 2.30. The number of rotatable bonds is 3. The van der Waals surface area contributed by atoms with E-state index in [-0.39, 0.29) is 16.8 Å². The van der Waals surface area contributed by atoms with Crippen molar-refractivity contribution in [2.45, 2.75) is 45.6 Å². The number of fused-ring (bicyclic) bond motifs is 1. The van der Waals surface area contributed by atoms with Crippen LogP contribution < -0.4 is 11.2 Å². The van der Waals surface area contributed by atoms with E-state index in [0.29, 0.717) is 24.1 Å². The van der Waals surface area contributed by atoms with Gasteiger partial charge in [0.1, 0.15) is 11.9 Å². The number of hydrogen-bond donors (Lipinski definition) is 0. The summed E-state index contributed by atoms with van der Waals surface area (Å²) in [5.74, 6) is -1.76. The van der Waals surface area contributed by atoms with Gasteiger partial charge in [-0.15, -0.1) is 0 Å². The number of aromatic nitrogens is 2. The maximum Gasteiger partial charge on any atom is 0.339 e. The number of nitriles is 1. The van der Waals surface area contributed by atoms with E-state index in [1.54, 1.807) is 19.9 Å². The van der Waals surface area contributed by atoms with Crippen LogP contribution in [0.2, 0.25) is 0 Å². The van der Waals surface area contributed by atoms with Crippen LogP contribution in [0.5, 0.6) is 0 Å². The first-order chi connectivity index (χ1) is 13.3. The van der Waals surface area contributed by atoms with Crippen LogP contribution in [0.25, 0.3) is 5.69 Å². The second-order valence-corrected chi connectivity index (χ2v) is 7.03. The molecule has 0 radical (unpaired) electrons. The predicted octanol–water partition coefficient (Wildman–Crippen LogP) is 1.99. The normalized spacial score (nSPS) is 13.1. The minimum atomic E-state index is -0.937. The number of carbonyl (C=O) groups excluding carboxylic acids is 1. The van der Waals surface area contributed by atoms with Crippen LogP contribution in [-0.2, 0) is 24.6 Å². The van der Waals surface area contributed by atoms with Crippen molar-refractivity contribution >= 4 is 5.97 Å². The maximum absolute atomic E-state index is 14.7. The summed E-state index contributed by atoms with van der Waals surface area (Å²) in [6.45, 7) is 3.27. The number of halogens is 1. The Bertz CT molecular complexity index is 1120. The summed E-state index contributed by atoms with van der Waals surface area (Å²) in [5, 5.41) is 9.24. The average Bonchev–Trinajstić information content (AvgIpc) is 2.66. The number of nitrogens with zero attached hydrogens (tertiary/aromatic N) is 3. The Hall–Kier alpha value is -3.21.